The molecule has 0 unspecified atom stereocenters. The molecular weight excluding hydrogens is 283 g/mol. The average Bonchev–Trinajstić information content (AvgIpc) is 2.43. The quantitative estimate of drug-likeness (QED) is 0.904. The normalized spacial score (nSPS) is 10.3. The molecule has 4 nitrogen and oxygen atoms in total. The van der Waals surface area contributed by atoms with Crippen LogP contribution in [0.3, 0.4) is 0 Å². The lowest BCUT2D eigenvalue weighted by Crippen LogP contribution is -2.02. The number of nitrogens with two attached hydrogens (primary N) is 1. The number of pyridine rings is 1. The second kappa shape index (κ2) is 6.43. The Kier molecular flexibility index (Phi) is 4.63. The highest BCUT2D eigenvalue weighted by Gasteiger charge is 2.07. The smallest absolute Gasteiger partial charge is 0.240 e. The van der Waals surface area contributed by atoms with E-state index in [1.165, 1.54) is 12.1 Å². The van der Waals surface area contributed by atoms with E-state index in [4.69, 9.17) is 26.8 Å². The molecule has 20 heavy (non-hydrogen) atoms. The van der Waals surface area contributed by atoms with E-state index >= 15 is 0 Å². The van der Waals surface area contributed by atoms with Crippen LogP contribution >= 0.6 is 11.6 Å². The Morgan fingerprint density at radius 2 is 2.10 bits per heavy atom. The first-order valence-electron chi connectivity index (χ1n) is 6.12. The molecule has 1 aromatic carbocycles. The average molecular weight is 297 g/mol. The van der Waals surface area contributed by atoms with Crippen molar-refractivity contribution in [2.45, 2.75) is 13.3 Å². The largest absolute Gasteiger partial charge is 0.476 e. The van der Waals surface area contributed by atoms with Crippen LogP contribution < -0.4 is 15.2 Å². The Bertz CT molecular complexity index is 608. The Morgan fingerprint density at radius 3 is 2.80 bits per heavy atom. The number of nitrogens with zero attached hydrogens (tertiary/aromatic N) is 1. The molecule has 0 atom stereocenters. The topological polar surface area (TPSA) is 57.4 Å². The lowest BCUT2D eigenvalue weighted by Gasteiger charge is -2.10. The Morgan fingerprint density at radius 1 is 1.30 bits per heavy atom. The van der Waals surface area contributed by atoms with Gasteiger partial charge >= 0.3 is 0 Å². The number of benzene rings is 1. The van der Waals surface area contributed by atoms with Gasteiger partial charge in [0.05, 0.1) is 17.3 Å². The molecule has 0 saturated heterocycles. The lowest BCUT2D eigenvalue weighted by molar-refractivity contribution is 0.302. The highest BCUT2D eigenvalue weighted by Crippen LogP contribution is 2.27. The van der Waals surface area contributed by atoms with Crippen LogP contribution in [-0.2, 0) is 0 Å². The summed E-state index contributed by atoms with van der Waals surface area (Å²) in [6.07, 6.45) is 0.842. The lowest BCUT2D eigenvalue weighted by atomic mass is 10.3. The van der Waals surface area contributed by atoms with E-state index < -0.39 is 5.82 Å². The highest BCUT2D eigenvalue weighted by atomic mass is 35.5. The number of hydrogen-bond donors (Lipinski definition) is 1. The van der Waals surface area contributed by atoms with Crippen molar-refractivity contribution in [3.8, 4) is 17.5 Å². The molecule has 0 aliphatic heterocycles. The van der Waals surface area contributed by atoms with Gasteiger partial charge in [0.25, 0.3) is 0 Å². The van der Waals surface area contributed by atoms with Gasteiger partial charge in [0.1, 0.15) is 11.6 Å². The summed E-state index contributed by atoms with van der Waals surface area (Å²) in [5.74, 6) is 0.318. The van der Waals surface area contributed by atoms with Crippen molar-refractivity contribution in [2.75, 3.05) is 12.3 Å². The molecule has 6 heteroatoms. The van der Waals surface area contributed by atoms with E-state index in [1.54, 1.807) is 18.2 Å². The van der Waals surface area contributed by atoms with Crippen molar-refractivity contribution < 1.29 is 13.9 Å². The van der Waals surface area contributed by atoms with E-state index in [0.717, 1.165) is 6.42 Å². The molecule has 0 aliphatic rings. The van der Waals surface area contributed by atoms with Gasteiger partial charge in [-0.3, -0.25) is 0 Å². The van der Waals surface area contributed by atoms with Gasteiger partial charge in [-0.2, -0.15) is 4.98 Å². The molecule has 0 spiro atoms. The first-order valence-corrected chi connectivity index (χ1v) is 6.50. The van der Waals surface area contributed by atoms with E-state index in [-0.39, 0.29) is 10.9 Å². The standard InChI is InChI=1S/C14H14ClFN2O2/c1-2-7-19-14-12(17)5-6-13(18-14)20-9-3-4-10(15)11(16)8-9/h3-6,8H,2,7,17H2,1H3. The van der Waals surface area contributed by atoms with Crippen LogP contribution in [0, 0.1) is 5.82 Å². The van der Waals surface area contributed by atoms with Crippen LogP contribution in [-0.4, -0.2) is 11.6 Å². The summed E-state index contributed by atoms with van der Waals surface area (Å²) in [6, 6.07) is 7.36. The molecule has 0 radical (unpaired) electrons. The van der Waals surface area contributed by atoms with Crippen molar-refractivity contribution in [1.29, 1.82) is 0 Å². The van der Waals surface area contributed by atoms with Crippen molar-refractivity contribution in [2.24, 2.45) is 0 Å². The van der Waals surface area contributed by atoms with Gasteiger partial charge in [0, 0.05) is 12.1 Å². The minimum atomic E-state index is -0.554. The molecular formula is C14H14ClFN2O2. The summed E-state index contributed by atoms with van der Waals surface area (Å²) in [5, 5.41) is 0.0367. The molecule has 0 fully saturated rings. The number of aromatic nitrogens is 1. The van der Waals surface area contributed by atoms with Gasteiger partial charge < -0.3 is 15.2 Å². The second-order valence-corrected chi connectivity index (χ2v) is 4.48. The Labute approximate surface area is 121 Å². The maximum atomic E-state index is 13.3. The summed E-state index contributed by atoms with van der Waals surface area (Å²) in [5.41, 5.74) is 6.17. The van der Waals surface area contributed by atoms with Crippen LogP contribution in [0.25, 0.3) is 0 Å². The highest BCUT2D eigenvalue weighted by molar-refractivity contribution is 6.30. The molecule has 1 aromatic heterocycles. The zero-order chi connectivity index (χ0) is 14.5. The zero-order valence-electron chi connectivity index (χ0n) is 10.9. The third-order valence-corrected chi connectivity index (χ3v) is 2.73. The first-order chi connectivity index (χ1) is 9.60. The first kappa shape index (κ1) is 14.4. The van der Waals surface area contributed by atoms with Gasteiger partial charge in [0.15, 0.2) is 0 Å². The van der Waals surface area contributed by atoms with Gasteiger partial charge in [-0.25, -0.2) is 4.39 Å². The molecule has 0 amide bonds. The van der Waals surface area contributed by atoms with E-state index in [0.29, 0.717) is 23.9 Å². The van der Waals surface area contributed by atoms with E-state index in [1.807, 2.05) is 6.92 Å². The number of anilines is 1. The fraction of sp³-hybridized carbons (Fsp3) is 0.214. The van der Waals surface area contributed by atoms with E-state index in [9.17, 15) is 4.39 Å². The van der Waals surface area contributed by atoms with Gasteiger partial charge in [-0.05, 0) is 24.6 Å². The molecule has 0 bridgehead atoms. The van der Waals surface area contributed by atoms with Crippen molar-refractivity contribution >= 4 is 17.3 Å². The third-order valence-electron chi connectivity index (χ3n) is 2.42. The Balaban J connectivity index is 2.18. The fourth-order valence-corrected chi connectivity index (χ4v) is 1.58. The van der Waals surface area contributed by atoms with Crippen molar-refractivity contribution in [1.82, 2.24) is 4.98 Å². The monoisotopic (exact) mass is 296 g/mol. The van der Waals surface area contributed by atoms with Crippen molar-refractivity contribution in [3.63, 3.8) is 0 Å². The minimum Gasteiger partial charge on any atom is -0.476 e. The van der Waals surface area contributed by atoms with Gasteiger partial charge in [0.2, 0.25) is 11.8 Å². The van der Waals surface area contributed by atoms with Gasteiger partial charge in [-0.15, -0.1) is 0 Å². The number of halogens is 2. The molecule has 0 aliphatic carbocycles. The summed E-state index contributed by atoms with van der Waals surface area (Å²) in [6.45, 7) is 2.49. The fourth-order valence-electron chi connectivity index (χ4n) is 1.47. The maximum Gasteiger partial charge on any atom is 0.240 e. The molecule has 2 rings (SSSR count). The summed E-state index contributed by atoms with van der Waals surface area (Å²) >= 11 is 5.60. The molecule has 106 valence electrons. The number of hydrogen-bond acceptors (Lipinski definition) is 4. The second-order valence-electron chi connectivity index (χ2n) is 4.07. The predicted octanol–water partition coefficient (Wildman–Crippen LogP) is 4.04. The number of rotatable bonds is 5. The SMILES string of the molecule is CCCOc1nc(Oc2ccc(Cl)c(F)c2)ccc1N. The predicted molar refractivity (Wildman–Crippen MR) is 75.9 cm³/mol. The Hall–Kier alpha value is -2.01. The molecule has 2 N–H and O–H groups in total. The molecule has 2 aromatic rings. The molecule has 0 saturated carbocycles. The van der Waals surface area contributed by atoms with Crippen LogP contribution in [0.1, 0.15) is 13.3 Å². The summed E-state index contributed by atoms with van der Waals surface area (Å²) in [7, 11) is 0. The maximum absolute atomic E-state index is 13.3. The summed E-state index contributed by atoms with van der Waals surface area (Å²) < 4.78 is 24.2. The van der Waals surface area contributed by atoms with Crippen LogP contribution in [0.15, 0.2) is 30.3 Å². The summed E-state index contributed by atoms with van der Waals surface area (Å²) in [4.78, 5) is 4.13. The molecule has 1 heterocycles. The van der Waals surface area contributed by atoms with Crippen LogP contribution in [0.5, 0.6) is 17.5 Å². The van der Waals surface area contributed by atoms with Crippen LogP contribution in [0.4, 0.5) is 10.1 Å². The number of ether oxygens (including phenoxy) is 2. The van der Waals surface area contributed by atoms with Crippen LogP contribution in [0.2, 0.25) is 5.02 Å². The minimum absolute atomic E-state index is 0.0367. The van der Waals surface area contributed by atoms with Crippen molar-refractivity contribution in [3.05, 3.63) is 41.2 Å². The van der Waals surface area contributed by atoms with Gasteiger partial charge in [-0.1, -0.05) is 18.5 Å². The van der Waals surface area contributed by atoms with E-state index in [2.05, 4.69) is 4.98 Å². The third kappa shape index (κ3) is 3.51. The number of nitrogen functional groups attached to an aromatic ring is 1. The zero-order valence-corrected chi connectivity index (χ0v) is 11.7.